The molecule has 1 amide bonds. The molecule has 120 valence electrons. The largest absolute Gasteiger partial charge is 0.573 e. The fourth-order valence-electron chi connectivity index (χ4n) is 1.56. The number of ether oxygens (including phenoxy) is 1. The predicted octanol–water partition coefficient (Wildman–Crippen LogP) is 2.40. The molecule has 0 aromatic heterocycles. The second-order valence-corrected chi connectivity index (χ2v) is 4.18. The van der Waals surface area contributed by atoms with E-state index < -0.39 is 6.36 Å². The highest BCUT2D eigenvalue weighted by Gasteiger charge is 2.30. The van der Waals surface area contributed by atoms with E-state index >= 15 is 0 Å². The number of nitrogens with two attached hydrogens (primary N) is 1. The number of benzene rings is 1. The van der Waals surface area contributed by atoms with Gasteiger partial charge < -0.3 is 15.8 Å². The lowest BCUT2D eigenvalue weighted by molar-refractivity contribution is -0.274. The quantitative estimate of drug-likeness (QED) is 0.808. The topological polar surface area (TPSA) is 64.4 Å². The van der Waals surface area contributed by atoms with E-state index in [1.165, 1.54) is 24.3 Å². The number of hydrogen-bond acceptors (Lipinski definition) is 3. The van der Waals surface area contributed by atoms with Crippen LogP contribution in [0.5, 0.6) is 5.75 Å². The second-order valence-electron chi connectivity index (χ2n) is 4.18. The molecule has 0 atom stereocenters. The Morgan fingerprint density at radius 2 is 1.86 bits per heavy atom. The van der Waals surface area contributed by atoms with Crippen LogP contribution in [-0.2, 0) is 11.2 Å². The summed E-state index contributed by atoms with van der Waals surface area (Å²) in [5.41, 5.74) is 6.10. The van der Waals surface area contributed by atoms with Gasteiger partial charge in [0, 0.05) is 13.0 Å². The van der Waals surface area contributed by atoms with Gasteiger partial charge in [0.25, 0.3) is 0 Å². The maximum absolute atomic E-state index is 12.0. The molecule has 0 saturated heterocycles. The van der Waals surface area contributed by atoms with Crippen molar-refractivity contribution in [3.8, 4) is 5.75 Å². The first-order chi connectivity index (χ1) is 9.40. The van der Waals surface area contributed by atoms with Crippen LogP contribution in [-0.4, -0.2) is 25.4 Å². The summed E-state index contributed by atoms with van der Waals surface area (Å²) in [6.07, 6.45) is -3.12. The molecular weight excluding hydrogens is 309 g/mol. The van der Waals surface area contributed by atoms with Crippen LogP contribution in [0, 0.1) is 0 Å². The number of alkyl halides is 3. The fraction of sp³-hybridized carbons (Fsp3) is 0.462. The van der Waals surface area contributed by atoms with E-state index in [-0.39, 0.29) is 24.1 Å². The Bertz CT molecular complexity index is 424. The maximum Gasteiger partial charge on any atom is 0.573 e. The Morgan fingerprint density at radius 1 is 1.24 bits per heavy atom. The molecule has 0 fully saturated rings. The standard InChI is InChI=1S/C13H17F3N2O2.ClH/c14-13(15,16)20-11-5-3-10(4-6-11)7-9-18-12(19)2-1-8-17;/h3-6H,1-2,7-9,17H2,(H,18,19);1H. The number of amides is 1. The average molecular weight is 327 g/mol. The van der Waals surface area contributed by atoms with Gasteiger partial charge in [0.1, 0.15) is 5.75 Å². The van der Waals surface area contributed by atoms with Crippen molar-refractivity contribution in [2.45, 2.75) is 25.6 Å². The summed E-state index contributed by atoms with van der Waals surface area (Å²) in [6, 6.07) is 5.57. The molecule has 0 bridgehead atoms. The minimum atomic E-state index is -4.68. The first-order valence-electron chi connectivity index (χ1n) is 6.22. The summed E-state index contributed by atoms with van der Waals surface area (Å²) < 4.78 is 39.6. The van der Waals surface area contributed by atoms with Gasteiger partial charge in [-0.3, -0.25) is 4.79 Å². The van der Waals surface area contributed by atoms with Crippen LogP contribution in [0.1, 0.15) is 18.4 Å². The molecule has 0 unspecified atom stereocenters. The molecule has 1 rings (SSSR count). The normalized spacial score (nSPS) is 10.7. The van der Waals surface area contributed by atoms with E-state index in [9.17, 15) is 18.0 Å². The van der Waals surface area contributed by atoms with Gasteiger partial charge in [0.2, 0.25) is 5.91 Å². The minimum absolute atomic E-state index is 0. The Labute approximate surface area is 127 Å². The van der Waals surface area contributed by atoms with Crippen LogP contribution in [0.15, 0.2) is 24.3 Å². The van der Waals surface area contributed by atoms with Gasteiger partial charge in [-0.05, 0) is 37.1 Å². The maximum atomic E-state index is 12.0. The molecule has 0 saturated carbocycles. The van der Waals surface area contributed by atoms with E-state index in [1.54, 1.807) is 0 Å². The summed E-state index contributed by atoms with van der Waals surface area (Å²) in [7, 11) is 0. The van der Waals surface area contributed by atoms with Crippen molar-refractivity contribution in [3.63, 3.8) is 0 Å². The highest BCUT2D eigenvalue weighted by molar-refractivity contribution is 5.85. The van der Waals surface area contributed by atoms with Crippen LogP contribution in [0.25, 0.3) is 0 Å². The van der Waals surface area contributed by atoms with Gasteiger partial charge >= 0.3 is 6.36 Å². The lowest BCUT2D eigenvalue weighted by Crippen LogP contribution is -2.26. The molecule has 0 spiro atoms. The Balaban J connectivity index is 0.00000400. The van der Waals surface area contributed by atoms with Gasteiger partial charge in [0.15, 0.2) is 0 Å². The summed E-state index contributed by atoms with van der Waals surface area (Å²) in [5.74, 6) is -0.333. The number of rotatable bonds is 7. The number of halogens is 4. The van der Waals surface area contributed by atoms with Gasteiger partial charge in [0.05, 0.1) is 0 Å². The molecule has 0 heterocycles. The molecule has 21 heavy (non-hydrogen) atoms. The molecule has 4 nitrogen and oxygen atoms in total. The third kappa shape index (κ3) is 9.14. The van der Waals surface area contributed by atoms with Crippen molar-refractivity contribution in [2.24, 2.45) is 5.73 Å². The first kappa shape index (κ1) is 19.5. The van der Waals surface area contributed by atoms with E-state index in [2.05, 4.69) is 10.1 Å². The van der Waals surface area contributed by atoms with Crippen molar-refractivity contribution in [1.29, 1.82) is 0 Å². The average Bonchev–Trinajstić information content (AvgIpc) is 2.37. The fourth-order valence-corrected chi connectivity index (χ4v) is 1.56. The summed E-state index contributed by atoms with van der Waals surface area (Å²) >= 11 is 0. The number of nitrogens with one attached hydrogen (secondary N) is 1. The van der Waals surface area contributed by atoms with Crippen LogP contribution >= 0.6 is 12.4 Å². The second kappa shape index (κ2) is 9.46. The van der Waals surface area contributed by atoms with Crippen molar-refractivity contribution >= 4 is 18.3 Å². The Morgan fingerprint density at radius 3 is 2.38 bits per heavy atom. The molecule has 3 N–H and O–H groups in total. The first-order valence-corrected chi connectivity index (χ1v) is 6.22. The van der Waals surface area contributed by atoms with Crippen LogP contribution in [0.4, 0.5) is 13.2 Å². The summed E-state index contributed by atoms with van der Waals surface area (Å²) in [6.45, 7) is 0.900. The summed E-state index contributed by atoms with van der Waals surface area (Å²) in [4.78, 5) is 11.3. The molecule has 0 aliphatic carbocycles. The zero-order chi connectivity index (χ0) is 15.0. The number of hydrogen-bond donors (Lipinski definition) is 2. The summed E-state index contributed by atoms with van der Waals surface area (Å²) in [5, 5.41) is 2.71. The van der Waals surface area contributed by atoms with Crippen LogP contribution in [0.2, 0.25) is 0 Å². The van der Waals surface area contributed by atoms with Crippen molar-refractivity contribution in [1.82, 2.24) is 5.32 Å². The van der Waals surface area contributed by atoms with E-state index in [0.717, 1.165) is 5.56 Å². The zero-order valence-electron chi connectivity index (χ0n) is 11.3. The molecule has 1 aromatic carbocycles. The lowest BCUT2D eigenvalue weighted by Gasteiger charge is -2.09. The van der Waals surface area contributed by atoms with E-state index in [0.29, 0.717) is 32.4 Å². The minimum Gasteiger partial charge on any atom is -0.406 e. The molecule has 0 aliphatic heterocycles. The van der Waals surface area contributed by atoms with E-state index in [4.69, 9.17) is 5.73 Å². The van der Waals surface area contributed by atoms with Crippen molar-refractivity contribution < 1.29 is 22.7 Å². The SMILES string of the molecule is Cl.NCCCC(=O)NCCc1ccc(OC(F)(F)F)cc1. The van der Waals surface area contributed by atoms with Gasteiger partial charge in [-0.2, -0.15) is 0 Å². The molecule has 0 aliphatic rings. The van der Waals surface area contributed by atoms with Crippen LogP contribution < -0.4 is 15.8 Å². The zero-order valence-corrected chi connectivity index (χ0v) is 12.1. The van der Waals surface area contributed by atoms with Crippen molar-refractivity contribution in [3.05, 3.63) is 29.8 Å². The highest BCUT2D eigenvalue weighted by Crippen LogP contribution is 2.22. The highest BCUT2D eigenvalue weighted by atomic mass is 35.5. The number of carbonyl (C=O) groups is 1. The Hall–Kier alpha value is -1.47. The smallest absolute Gasteiger partial charge is 0.406 e. The monoisotopic (exact) mass is 326 g/mol. The van der Waals surface area contributed by atoms with E-state index in [1.807, 2.05) is 0 Å². The molecule has 8 heteroatoms. The van der Waals surface area contributed by atoms with Gasteiger partial charge in [-0.25, -0.2) is 0 Å². The predicted molar refractivity (Wildman–Crippen MR) is 75.4 cm³/mol. The third-order valence-electron chi connectivity index (χ3n) is 2.50. The van der Waals surface area contributed by atoms with Gasteiger partial charge in [-0.1, -0.05) is 12.1 Å². The van der Waals surface area contributed by atoms with Crippen molar-refractivity contribution in [2.75, 3.05) is 13.1 Å². The Kier molecular flexibility index (Phi) is 8.80. The van der Waals surface area contributed by atoms with Crippen LogP contribution in [0.3, 0.4) is 0 Å². The molecule has 1 aromatic rings. The molecule has 0 radical (unpaired) electrons. The van der Waals surface area contributed by atoms with Gasteiger partial charge in [-0.15, -0.1) is 25.6 Å². The lowest BCUT2D eigenvalue weighted by atomic mass is 10.1. The molecular formula is C13H18ClF3N2O2. The third-order valence-corrected chi connectivity index (χ3v) is 2.50. The number of carbonyl (C=O) groups excluding carboxylic acids is 1.